The maximum absolute atomic E-state index is 6.29. The van der Waals surface area contributed by atoms with Gasteiger partial charge in [0, 0.05) is 19.1 Å². The van der Waals surface area contributed by atoms with Gasteiger partial charge in [-0.15, -0.1) is 0 Å². The number of rotatable bonds is 3. The summed E-state index contributed by atoms with van der Waals surface area (Å²) in [6.07, 6.45) is 1.31. The first-order valence-electron chi connectivity index (χ1n) is 6.99. The van der Waals surface area contributed by atoms with Gasteiger partial charge in [-0.3, -0.25) is 0 Å². The first-order chi connectivity index (χ1) is 8.47. The van der Waals surface area contributed by atoms with Crippen molar-refractivity contribution in [3.05, 3.63) is 35.9 Å². The van der Waals surface area contributed by atoms with Crippen LogP contribution in [-0.2, 0) is 0 Å². The van der Waals surface area contributed by atoms with Crippen molar-refractivity contribution in [2.24, 2.45) is 17.1 Å². The van der Waals surface area contributed by atoms with E-state index >= 15 is 0 Å². The van der Waals surface area contributed by atoms with Crippen molar-refractivity contribution < 1.29 is 0 Å². The fraction of sp³-hybridized carbons (Fsp3) is 0.625. The lowest BCUT2D eigenvalue weighted by atomic mass is 9.80. The molecule has 0 radical (unpaired) electrons. The molecule has 2 N–H and O–H groups in total. The van der Waals surface area contributed by atoms with Crippen molar-refractivity contribution in [3.8, 4) is 0 Å². The average Bonchev–Trinajstić information content (AvgIpc) is 2.78. The summed E-state index contributed by atoms with van der Waals surface area (Å²) in [6, 6.07) is 10.6. The Labute approximate surface area is 111 Å². The van der Waals surface area contributed by atoms with Crippen LogP contribution in [0.25, 0.3) is 0 Å². The van der Waals surface area contributed by atoms with Gasteiger partial charge in [-0.25, -0.2) is 0 Å². The van der Waals surface area contributed by atoms with Gasteiger partial charge in [0.1, 0.15) is 0 Å². The highest BCUT2D eigenvalue weighted by molar-refractivity contribution is 5.18. The third kappa shape index (κ3) is 3.33. The topological polar surface area (TPSA) is 29.3 Å². The lowest BCUT2D eigenvalue weighted by molar-refractivity contribution is 0.224. The summed E-state index contributed by atoms with van der Waals surface area (Å²) < 4.78 is 0. The fourth-order valence-electron chi connectivity index (χ4n) is 2.79. The van der Waals surface area contributed by atoms with Gasteiger partial charge in [0.15, 0.2) is 0 Å². The third-order valence-corrected chi connectivity index (χ3v) is 4.18. The molecule has 1 aliphatic heterocycles. The number of likely N-dealkylation sites (tertiary alicyclic amines) is 1. The van der Waals surface area contributed by atoms with Crippen LogP contribution >= 0.6 is 0 Å². The lowest BCUT2D eigenvalue weighted by Gasteiger charge is -2.27. The van der Waals surface area contributed by atoms with Gasteiger partial charge in [-0.1, -0.05) is 51.1 Å². The molecule has 100 valence electrons. The molecule has 1 fully saturated rings. The second-order valence-electron chi connectivity index (χ2n) is 6.63. The standard InChI is InChI=1S/C16H26N2/c1-16(2,3)14-9-10-18(11-14)12-15(17)13-7-5-4-6-8-13/h4-8,14-15H,9-12,17H2,1-3H3. The van der Waals surface area contributed by atoms with Crippen LogP contribution in [0.3, 0.4) is 0 Å². The van der Waals surface area contributed by atoms with Crippen LogP contribution in [0.15, 0.2) is 30.3 Å². The molecule has 0 bridgehead atoms. The molecule has 2 heteroatoms. The summed E-state index contributed by atoms with van der Waals surface area (Å²) in [7, 11) is 0. The Kier molecular flexibility index (Phi) is 4.08. The number of hydrogen-bond acceptors (Lipinski definition) is 2. The Morgan fingerprint density at radius 2 is 1.94 bits per heavy atom. The van der Waals surface area contributed by atoms with E-state index in [0.717, 1.165) is 12.5 Å². The predicted molar refractivity (Wildman–Crippen MR) is 77.4 cm³/mol. The maximum atomic E-state index is 6.29. The molecule has 2 atom stereocenters. The van der Waals surface area contributed by atoms with E-state index in [4.69, 9.17) is 5.73 Å². The zero-order chi connectivity index (χ0) is 13.2. The number of nitrogens with two attached hydrogens (primary N) is 1. The quantitative estimate of drug-likeness (QED) is 0.888. The zero-order valence-corrected chi connectivity index (χ0v) is 11.9. The molecule has 0 spiro atoms. The maximum Gasteiger partial charge on any atom is 0.0424 e. The predicted octanol–water partition coefficient (Wildman–Crippen LogP) is 3.05. The van der Waals surface area contributed by atoms with E-state index in [9.17, 15) is 0 Å². The van der Waals surface area contributed by atoms with Gasteiger partial charge < -0.3 is 10.6 Å². The summed E-state index contributed by atoms with van der Waals surface area (Å²) >= 11 is 0. The molecule has 0 aliphatic carbocycles. The first-order valence-corrected chi connectivity index (χ1v) is 6.99. The van der Waals surface area contributed by atoms with Crippen LogP contribution in [0.4, 0.5) is 0 Å². The van der Waals surface area contributed by atoms with Crippen LogP contribution in [0, 0.1) is 11.3 Å². The highest BCUT2D eigenvalue weighted by atomic mass is 15.2. The van der Waals surface area contributed by atoms with Crippen molar-refractivity contribution in [2.75, 3.05) is 19.6 Å². The van der Waals surface area contributed by atoms with E-state index in [2.05, 4.69) is 49.9 Å². The minimum atomic E-state index is 0.143. The molecule has 1 aromatic carbocycles. The molecule has 1 heterocycles. The van der Waals surface area contributed by atoms with Gasteiger partial charge in [0.25, 0.3) is 0 Å². The van der Waals surface area contributed by atoms with E-state index in [0.29, 0.717) is 5.41 Å². The molecule has 2 unspecified atom stereocenters. The number of nitrogens with zero attached hydrogens (tertiary/aromatic N) is 1. The van der Waals surface area contributed by atoms with Gasteiger partial charge in [-0.2, -0.15) is 0 Å². The van der Waals surface area contributed by atoms with Crippen molar-refractivity contribution in [2.45, 2.75) is 33.2 Å². The van der Waals surface area contributed by atoms with Gasteiger partial charge >= 0.3 is 0 Å². The van der Waals surface area contributed by atoms with Crippen molar-refractivity contribution in [3.63, 3.8) is 0 Å². The van der Waals surface area contributed by atoms with E-state index in [1.807, 2.05) is 6.07 Å². The largest absolute Gasteiger partial charge is 0.323 e. The monoisotopic (exact) mass is 246 g/mol. The summed E-state index contributed by atoms with van der Waals surface area (Å²) in [4.78, 5) is 2.52. The van der Waals surface area contributed by atoms with Crippen molar-refractivity contribution >= 4 is 0 Å². The summed E-state index contributed by atoms with van der Waals surface area (Å²) in [6.45, 7) is 10.4. The van der Waals surface area contributed by atoms with Crippen LogP contribution in [0.1, 0.15) is 38.8 Å². The van der Waals surface area contributed by atoms with Crippen molar-refractivity contribution in [1.29, 1.82) is 0 Å². The molecule has 2 nitrogen and oxygen atoms in total. The summed E-state index contributed by atoms with van der Waals surface area (Å²) in [5.41, 5.74) is 7.96. The van der Waals surface area contributed by atoms with E-state index in [-0.39, 0.29) is 6.04 Å². The number of benzene rings is 1. The SMILES string of the molecule is CC(C)(C)C1CCN(CC(N)c2ccccc2)C1. The van der Waals surface area contributed by atoms with Gasteiger partial charge in [0.2, 0.25) is 0 Å². The molecular formula is C16H26N2. The second kappa shape index (κ2) is 5.41. The average molecular weight is 246 g/mol. The van der Waals surface area contributed by atoms with Gasteiger partial charge in [0.05, 0.1) is 0 Å². The van der Waals surface area contributed by atoms with E-state index in [1.54, 1.807) is 0 Å². The Hall–Kier alpha value is -0.860. The van der Waals surface area contributed by atoms with Crippen LogP contribution in [0.2, 0.25) is 0 Å². The normalized spacial score (nSPS) is 23.2. The summed E-state index contributed by atoms with van der Waals surface area (Å²) in [5, 5.41) is 0. The van der Waals surface area contributed by atoms with Crippen LogP contribution < -0.4 is 5.73 Å². The van der Waals surface area contributed by atoms with Crippen LogP contribution in [-0.4, -0.2) is 24.5 Å². The molecule has 1 saturated heterocycles. The van der Waals surface area contributed by atoms with Crippen molar-refractivity contribution in [1.82, 2.24) is 4.90 Å². The molecule has 2 rings (SSSR count). The molecular weight excluding hydrogens is 220 g/mol. The Morgan fingerprint density at radius 1 is 1.28 bits per heavy atom. The lowest BCUT2D eigenvalue weighted by Crippen LogP contribution is -2.32. The molecule has 0 amide bonds. The molecule has 1 aliphatic rings. The number of hydrogen-bond donors (Lipinski definition) is 1. The Morgan fingerprint density at radius 3 is 2.50 bits per heavy atom. The Balaban J connectivity index is 1.89. The molecule has 18 heavy (non-hydrogen) atoms. The van der Waals surface area contributed by atoms with E-state index in [1.165, 1.54) is 25.1 Å². The summed E-state index contributed by atoms with van der Waals surface area (Å²) in [5.74, 6) is 0.806. The first kappa shape index (κ1) is 13.6. The fourth-order valence-corrected chi connectivity index (χ4v) is 2.79. The smallest absolute Gasteiger partial charge is 0.0424 e. The molecule has 1 aromatic rings. The highest BCUT2D eigenvalue weighted by Gasteiger charge is 2.32. The second-order valence-corrected chi connectivity index (χ2v) is 6.63. The Bertz CT molecular complexity index is 366. The molecule has 0 saturated carbocycles. The zero-order valence-electron chi connectivity index (χ0n) is 11.9. The minimum Gasteiger partial charge on any atom is -0.323 e. The third-order valence-electron chi connectivity index (χ3n) is 4.18. The van der Waals surface area contributed by atoms with Crippen LogP contribution in [0.5, 0.6) is 0 Å². The highest BCUT2D eigenvalue weighted by Crippen LogP contribution is 2.33. The van der Waals surface area contributed by atoms with E-state index < -0.39 is 0 Å². The molecule has 0 aromatic heterocycles. The minimum absolute atomic E-state index is 0.143. The van der Waals surface area contributed by atoms with Gasteiger partial charge in [-0.05, 0) is 29.9 Å².